The molecule has 0 heterocycles. The van der Waals surface area contributed by atoms with Crippen molar-refractivity contribution >= 4 is 16.0 Å². The van der Waals surface area contributed by atoms with Crippen molar-refractivity contribution in [3.63, 3.8) is 0 Å². The van der Waals surface area contributed by atoms with Crippen molar-refractivity contribution in [2.45, 2.75) is 32.2 Å². The molecule has 0 aliphatic heterocycles. The highest BCUT2D eigenvalue weighted by molar-refractivity contribution is 7.89. The van der Waals surface area contributed by atoms with Crippen LogP contribution in [0.3, 0.4) is 0 Å². The van der Waals surface area contributed by atoms with Crippen LogP contribution in [0.1, 0.15) is 26.2 Å². The van der Waals surface area contributed by atoms with Gasteiger partial charge in [-0.3, -0.25) is 4.79 Å². The maximum Gasteiger partial charge on any atom is 0.306 e. The largest absolute Gasteiger partial charge is 0.469 e. The summed E-state index contributed by atoms with van der Waals surface area (Å²) in [5.41, 5.74) is 0. The van der Waals surface area contributed by atoms with E-state index in [1.54, 1.807) is 0 Å². The molecule has 0 spiro atoms. The number of nitrogens with one attached hydrogen (secondary N) is 1. The molecule has 0 aromatic rings. The first-order chi connectivity index (χ1) is 7.45. The van der Waals surface area contributed by atoms with Gasteiger partial charge in [0.1, 0.15) is 0 Å². The van der Waals surface area contributed by atoms with E-state index in [1.807, 2.05) is 6.92 Å². The average molecular weight is 247 g/mol. The minimum absolute atomic E-state index is 0.154. The third kappa shape index (κ3) is 6.43. The molecular weight excluding hydrogens is 230 g/mol. The van der Waals surface area contributed by atoms with E-state index in [9.17, 15) is 13.2 Å². The molecule has 0 radical (unpaired) electrons. The first-order valence-electron chi connectivity index (χ1n) is 4.95. The van der Waals surface area contributed by atoms with Gasteiger partial charge in [0.25, 0.3) is 0 Å². The maximum atomic E-state index is 11.5. The quantitative estimate of drug-likeness (QED) is 0.518. The molecule has 0 amide bonds. The van der Waals surface area contributed by atoms with E-state index in [0.717, 1.165) is 0 Å². The number of carbonyl (C=O) groups is 1. The molecule has 5 nitrogen and oxygen atoms in total. The zero-order valence-electron chi connectivity index (χ0n) is 9.52. The molecule has 0 aliphatic carbocycles. The van der Waals surface area contributed by atoms with Crippen LogP contribution in [0.4, 0.5) is 0 Å². The lowest BCUT2D eigenvalue weighted by Crippen LogP contribution is -2.36. The molecule has 0 fully saturated rings. The predicted molar refractivity (Wildman–Crippen MR) is 61.1 cm³/mol. The monoisotopic (exact) mass is 247 g/mol. The average Bonchev–Trinajstić information content (AvgIpc) is 2.25. The molecule has 6 heteroatoms. The Morgan fingerprint density at radius 1 is 1.56 bits per heavy atom. The number of methoxy groups -OCH3 is 1. The Labute approximate surface area is 96.6 Å². The number of sulfonamides is 1. The van der Waals surface area contributed by atoms with Gasteiger partial charge in [-0.25, -0.2) is 13.1 Å². The third-order valence-corrected chi connectivity index (χ3v) is 3.44. The number of hydrogen-bond donors (Lipinski definition) is 1. The highest BCUT2D eigenvalue weighted by Gasteiger charge is 2.17. The van der Waals surface area contributed by atoms with Gasteiger partial charge in [-0.05, 0) is 6.42 Å². The summed E-state index contributed by atoms with van der Waals surface area (Å²) >= 11 is 0. The normalized spacial score (nSPS) is 12.8. The van der Waals surface area contributed by atoms with Gasteiger partial charge in [0.2, 0.25) is 10.0 Å². The number of carbonyl (C=O) groups excluding carboxylic acids is 1. The molecule has 0 saturated carbocycles. The summed E-state index contributed by atoms with van der Waals surface area (Å²) in [6, 6.07) is -0.271. The molecule has 1 unspecified atom stereocenters. The summed E-state index contributed by atoms with van der Waals surface area (Å²) in [7, 11) is -2.25. The fraction of sp³-hybridized carbons (Fsp3) is 0.700. The van der Waals surface area contributed by atoms with Crippen molar-refractivity contribution in [1.29, 1.82) is 0 Å². The van der Waals surface area contributed by atoms with E-state index in [1.165, 1.54) is 7.11 Å². The van der Waals surface area contributed by atoms with Crippen molar-refractivity contribution in [1.82, 2.24) is 4.72 Å². The number of rotatable bonds is 7. The summed E-state index contributed by atoms with van der Waals surface area (Å²) in [6.07, 6.45) is 5.91. The topological polar surface area (TPSA) is 72.5 Å². The van der Waals surface area contributed by atoms with Gasteiger partial charge < -0.3 is 4.74 Å². The van der Waals surface area contributed by atoms with Gasteiger partial charge in [0.15, 0.2) is 0 Å². The van der Waals surface area contributed by atoms with Crippen molar-refractivity contribution < 1.29 is 17.9 Å². The highest BCUT2D eigenvalue weighted by Crippen LogP contribution is 2.01. The maximum absolute atomic E-state index is 11.5. The SMILES string of the molecule is C#CCC(CC)NS(=O)(=O)CCC(=O)OC. The fourth-order valence-electron chi connectivity index (χ4n) is 1.04. The second-order valence-electron chi connectivity index (χ2n) is 3.28. The minimum Gasteiger partial charge on any atom is -0.469 e. The molecular formula is C10H17NO4S. The first kappa shape index (κ1) is 14.9. The van der Waals surface area contributed by atoms with E-state index in [2.05, 4.69) is 15.4 Å². The zero-order valence-corrected chi connectivity index (χ0v) is 10.3. The summed E-state index contributed by atoms with van der Waals surface area (Å²) in [5, 5.41) is 0. The van der Waals surface area contributed by atoms with Crippen molar-refractivity contribution in [3.8, 4) is 12.3 Å². The van der Waals surface area contributed by atoms with E-state index < -0.39 is 16.0 Å². The third-order valence-electron chi connectivity index (χ3n) is 2.01. The molecule has 0 bridgehead atoms. The predicted octanol–water partition coefficient (Wildman–Crippen LogP) is 0.271. The number of hydrogen-bond acceptors (Lipinski definition) is 4. The zero-order chi connectivity index (χ0) is 12.6. The second-order valence-corrected chi connectivity index (χ2v) is 5.15. The molecule has 0 aliphatic rings. The molecule has 16 heavy (non-hydrogen) atoms. The lowest BCUT2D eigenvalue weighted by molar-refractivity contribution is -0.140. The van der Waals surface area contributed by atoms with Gasteiger partial charge in [0.05, 0.1) is 19.3 Å². The lowest BCUT2D eigenvalue weighted by Gasteiger charge is -2.13. The summed E-state index contributed by atoms with van der Waals surface area (Å²) < 4.78 is 29.8. The van der Waals surface area contributed by atoms with Gasteiger partial charge in [-0.2, -0.15) is 0 Å². The first-order valence-corrected chi connectivity index (χ1v) is 6.60. The standard InChI is InChI=1S/C10H17NO4S/c1-4-6-9(5-2)11-16(13,14)8-7-10(12)15-3/h1,9,11H,5-8H2,2-3H3. The smallest absolute Gasteiger partial charge is 0.306 e. The fourth-order valence-corrected chi connectivity index (χ4v) is 2.36. The van der Waals surface area contributed by atoms with Gasteiger partial charge in [-0.15, -0.1) is 12.3 Å². The summed E-state index contributed by atoms with van der Waals surface area (Å²) in [5.74, 6) is 1.58. The van der Waals surface area contributed by atoms with Crippen LogP contribution in [0.5, 0.6) is 0 Å². The molecule has 0 saturated heterocycles. The van der Waals surface area contributed by atoms with E-state index in [0.29, 0.717) is 12.8 Å². The Hall–Kier alpha value is -1.06. The molecule has 92 valence electrons. The Morgan fingerprint density at radius 2 is 2.19 bits per heavy atom. The number of ether oxygens (including phenoxy) is 1. The minimum atomic E-state index is -3.47. The van der Waals surface area contributed by atoms with Crippen LogP contribution < -0.4 is 4.72 Å². The second kappa shape index (κ2) is 7.25. The Morgan fingerprint density at radius 3 is 2.62 bits per heavy atom. The van der Waals surface area contributed by atoms with Crippen molar-refractivity contribution in [2.75, 3.05) is 12.9 Å². The number of esters is 1. The molecule has 0 aromatic heterocycles. The summed E-state index contributed by atoms with van der Waals surface area (Å²) in [4.78, 5) is 10.8. The Balaban J connectivity index is 4.23. The van der Waals surface area contributed by atoms with Crippen LogP contribution in [-0.4, -0.2) is 33.3 Å². The van der Waals surface area contributed by atoms with E-state index >= 15 is 0 Å². The van der Waals surface area contributed by atoms with Crippen LogP contribution in [0, 0.1) is 12.3 Å². The number of terminal acetylenes is 1. The van der Waals surface area contributed by atoms with Gasteiger partial charge >= 0.3 is 5.97 Å². The van der Waals surface area contributed by atoms with Crippen LogP contribution in [-0.2, 0) is 19.6 Å². The van der Waals surface area contributed by atoms with Crippen LogP contribution in [0.25, 0.3) is 0 Å². The highest BCUT2D eigenvalue weighted by atomic mass is 32.2. The lowest BCUT2D eigenvalue weighted by atomic mass is 10.2. The van der Waals surface area contributed by atoms with Gasteiger partial charge in [0, 0.05) is 12.5 Å². The molecule has 0 rings (SSSR count). The van der Waals surface area contributed by atoms with Crippen molar-refractivity contribution in [2.24, 2.45) is 0 Å². The molecule has 1 N–H and O–H groups in total. The van der Waals surface area contributed by atoms with E-state index in [4.69, 9.17) is 6.42 Å². The van der Waals surface area contributed by atoms with Crippen LogP contribution in [0.2, 0.25) is 0 Å². The van der Waals surface area contributed by atoms with Crippen LogP contribution >= 0.6 is 0 Å². The van der Waals surface area contributed by atoms with Crippen LogP contribution in [0.15, 0.2) is 0 Å². The molecule has 1 atom stereocenters. The molecule has 0 aromatic carbocycles. The Kier molecular flexibility index (Phi) is 6.77. The van der Waals surface area contributed by atoms with Crippen molar-refractivity contribution in [3.05, 3.63) is 0 Å². The summed E-state index contributed by atoms with van der Waals surface area (Å²) in [6.45, 7) is 1.84. The van der Waals surface area contributed by atoms with Gasteiger partial charge in [-0.1, -0.05) is 6.92 Å². The Bertz CT molecular complexity index is 356. The van der Waals surface area contributed by atoms with E-state index in [-0.39, 0.29) is 18.2 Å².